The molecule has 60 valence electrons. The summed E-state index contributed by atoms with van der Waals surface area (Å²) in [4.78, 5) is 4.53. The molecule has 0 spiro atoms. The molecule has 0 saturated carbocycles. The zero-order valence-electron chi connectivity index (χ0n) is 8.88. The smallest absolute Gasteiger partial charge is 1.00 e. The van der Waals surface area contributed by atoms with Gasteiger partial charge < -0.3 is 11.2 Å². The monoisotopic (exact) mass is 164 g/mol. The number of rotatable bonds is 3. The summed E-state index contributed by atoms with van der Waals surface area (Å²) in [7, 11) is 2.10. The molecule has 0 saturated heterocycles. The fourth-order valence-electron chi connectivity index (χ4n) is 1.10. The van der Waals surface area contributed by atoms with Crippen LogP contribution in [0.3, 0.4) is 0 Å². The molecule has 0 amide bonds. The van der Waals surface area contributed by atoms with Gasteiger partial charge in [-0.1, -0.05) is 13.3 Å². The summed E-state index contributed by atoms with van der Waals surface area (Å²) in [6, 6.07) is 0. The molecular formula is C8H17N2Na. The van der Waals surface area contributed by atoms with Crippen LogP contribution in [0, 0.1) is 0 Å². The van der Waals surface area contributed by atoms with E-state index in [1.54, 1.807) is 0 Å². The maximum Gasteiger partial charge on any atom is 1.00 e. The van der Waals surface area contributed by atoms with Gasteiger partial charge in [-0.2, -0.15) is 0 Å². The summed E-state index contributed by atoms with van der Waals surface area (Å²) in [5.74, 6) is 0. The topological polar surface area (TPSA) is 6.48 Å². The molecule has 0 N–H and O–H groups in total. The Bertz CT molecular complexity index is 130. The third kappa shape index (κ3) is 4.04. The van der Waals surface area contributed by atoms with Gasteiger partial charge in [-0.25, -0.2) is 0 Å². The van der Waals surface area contributed by atoms with Crippen molar-refractivity contribution in [3.8, 4) is 0 Å². The molecule has 0 aromatic heterocycles. The van der Waals surface area contributed by atoms with Crippen LogP contribution in [0.15, 0.2) is 12.4 Å². The van der Waals surface area contributed by atoms with Crippen molar-refractivity contribution in [2.24, 2.45) is 0 Å². The Morgan fingerprint density at radius 1 is 1.45 bits per heavy atom. The predicted molar refractivity (Wildman–Crippen MR) is 44.5 cm³/mol. The minimum atomic E-state index is 0. The summed E-state index contributed by atoms with van der Waals surface area (Å²) in [5.41, 5.74) is 0. The minimum absolute atomic E-state index is 0. The molecule has 0 aliphatic carbocycles. The molecule has 0 aromatic carbocycles. The second kappa shape index (κ2) is 5.92. The van der Waals surface area contributed by atoms with Crippen LogP contribution in [0.5, 0.6) is 0 Å². The van der Waals surface area contributed by atoms with E-state index in [-0.39, 0.29) is 31.0 Å². The van der Waals surface area contributed by atoms with E-state index < -0.39 is 0 Å². The molecule has 3 heteroatoms. The van der Waals surface area contributed by atoms with Crippen molar-refractivity contribution in [1.29, 1.82) is 0 Å². The third-order valence-electron chi connectivity index (χ3n) is 1.74. The SMILES string of the molecule is CCCCN1C=CN(C)C1.[H-].[Na+]. The van der Waals surface area contributed by atoms with Crippen LogP contribution in [0.25, 0.3) is 0 Å². The first kappa shape index (κ1) is 11.3. The molecule has 0 aromatic rings. The molecule has 1 aliphatic rings. The van der Waals surface area contributed by atoms with Crippen LogP contribution in [-0.4, -0.2) is 30.1 Å². The van der Waals surface area contributed by atoms with Gasteiger partial charge in [0.1, 0.15) is 0 Å². The number of hydrogen-bond donors (Lipinski definition) is 0. The van der Waals surface area contributed by atoms with E-state index in [1.807, 2.05) is 0 Å². The van der Waals surface area contributed by atoms with Gasteiger partial charge >= 0.3 is 29.6 Å². The summed E-state index contributed by atoms with van der Waals surface area (Å²) in [6.07, 6.45) is 6.87. The van der Waals surface area contributed by atoms with Crippen LogP contribution < -0.4 is 29.6 Å². The predicted octanol–water partition coefficient (Wildman–Crippen LogP) is -1.42. The van der Waals surface area contributed by atoms with Crippen molar-refractivity contribution >= 4 is 0 Å². The van der Waals surface area contributed by atoms with Crippen molar-refractivity contribution < 1.29 is 31.0 Å². The summed E-state index contributed by atoms with van der Waals surface area (Å²) < 4.78 is 0. The van der Waals surface area contributed by atoms with Crippen LogP contribution in [-0.2, 0) is 0 Å². The van der Waals surface area contributed by atoms with Crippen LogP contribution in [0.2, 0.25) is 0 Å². The van der Waals surface area contributed by atoms with E-state index in [1.165, 1.54) is 19.4 Å². The van der Waals surface area contributed by atoms with E-state index in [0.29, 0.717) is 0 Å². The van der Waals surface area contributed by atoms with Gasteiger partial charge in [-0.05, 0) is 6.42 Å². The summed E-state index contributed by atoms with van der Waals surface area (Å²) >= 11 is 0. The normalized spacial score (nSPS) is 15.5. The molecule has 2 nitrogen and oxygen atoms in total. The molecule has 1 heterocycles. The van der Waals surface area contributed by atoms with E-state index >= 15 is 0 Å². The van der Waals surface area contributed by atoms with E-state index in [4.69, 9.17) is 0 Å². The molecule has 1 aliphatic heterocycles. The Hall–Kier alpha value is 0.340. The Morgan fingerprint density at radius 2 is 2.18 bits per heavy atom. The first-order valence-electron chi connectivity index (χ1n) is 3.95. The Labute approximate surface area is 93.0 Å². The van der Waals surface area contributed by atoms with Crippen molar-refractivity contribution in [3.05, 3.63) is 12.4 Å². The zero-order valence-corrected chi connectivity index (χ0v) is 9.88. The quantitative estimate of drug-likeness (QED) is 0.472. The number of unbranched alkanes of at least 4 members (excludes halogenated alkanes) is 1. The molecule has 0 radical (unpaired) electrons. The van der Waals surface area contributed by atoms with Gasteiger partial charge in [0, 0.05) is 26.0 Å². The molecule has 0 atom stereocenters. The van der Waals surface area contributed by atoms with Crippen molar-refractivity contribution in [1.82, 2.24) is 9.80 Å². The average Bonchev–Trinajstić information content (AvgIpc) is 2.31. The Kier molecular flexibility index (Phi) is 6.11. The Morgan fingerprint density at radius 3 is 2.64 bits per heavy atom. The zero-order chi connectivity index (χ0) is 7.40. The fraction of sp³-hybridized carbons (Fsp3) is 0.750. The Balaban J connectivity index is 0. The van der Waals surface area contributed by atoms with Gasteiger partial charge in [0.25, 0.3) is 0 Å². The maximum absolute atomic E-state index is 2.34. The van der Waals surface area contributed by atoms with E-state index in [2.05, 4.69) is 36.2 Å². The van der Waals surface area contributed by atoms with Crippen molar-refractivity contribution in [2.75, 3.05) is 20.3 Å². The average molecular weight is 164 g/mol. The van der Waals surface area contributed by atoms with Gasteiger partial charge in [0.2, 0.25) is 0 Å². The standard InChI is InChI=1S/C8H16N2.Na.H/c1-3-4-5-10-7-6-9(2)8-10;;/h6-7H,3-5,8H2,1-2H3;;/q;+1;-1. The first-order valence-corrected chi connectivity index (χ1v) is 3.95. The van der Waals surface area contributed by atoms with Crippen LogP contribution in [0.4, 0.5) is 0 Å². The van der Waals surface area contributed by atoms with E-state index in [9.17, 15) is 0 Å². The van der Waals surface area contributed by atoms with Gasteiger partial charge in [-0.3, -0.25) is 0 Å². The molecule has 1 rings (SSSR count). The first-order chi connectivity index (χ1) is 4.83. The van der Waals surface area contributed by atoms with Gasteiger partial charge in [0.05, 0.1) is 6.67 Å². The molecule has 0 fully saturated rings. The molecular weight excluding hydrogens is 147 g/mol. The summed E-state index contributed by atoms with van der Waals surface area (Å²) in [5, 5.41) is 0. The third-order valence-corrected chi connectivity index (χ3v) is 1.74. The van der Waals surface area contributed by atoms with Crippen LogP contribution in [0.1, 0.15) is 21.2 Å². The molecule has 11 heavy (non-hydrogen) atoms. The molecule has 0 bridgehead atoms. The van der Waals surface area contributed by atoms with Gasteiger partial charge in [0.15, 0.2) is 0 Å². The minimum Gasteiger partial charge on any atom is -1.00 e. The van der Waals surface area contributed by atoms with Gasteiger partial charge in [-0.15, -0.1) is 0 Å². The number of nitrogens with zero attached hydrogens (tertiary/aromatic N) is 2. The van der Waals surface area contributed by atoms with Crippen molar-refractivity contribution in [2.45, 2.75) is 19.8 Å². The second-order valence-electron chi connectivity index (χ2n) is 2.86. The molecule has 0 unspecified atom stereocenters. The van der Waals surface area contributed by atoms with E-state index in [0.717, 1.165) is 6.67 Å². The maximum atomic E-state index is 2.34. The van der Waals surface area contributed by atoms with Crippen molar-refractivity contribution in [3.63, 3.8) is 0 Å². The fourth-order valence-corrected chi connectivity index (χ4v) is 1.10. The largest absolute Gasteiger partial charge is 1.00 e. The summed E-state index contributed by atoms with van der Waals surface area (Å²) in [6.45, 7) is 4.50. The number of hydrogen-bond acceptors (Lipinski definition) is 2. The second-order valence-corrected chi connectivity index (χ2v) is 2.86. The van der Waals surface area contributed by atoms with Crippen LogP contribution >= 0.6 is 0 Å².